The third-order valence-electron chi connectivity index (χ3n) is 3.12. The van der Waals surface area contributed by atoms with Crippen LogP contribution in [0.3, 0.4) is 0 Å². The van der Waals surface area contributed by atoms with Gasteiger partial charge in [0.05, 0.1) is 16.7 Å². The molecule has 0 unspecified atom stereocenters. The van der Waals surface area contributed by atoms with Gasteiger partial charge >= 0.3 is 0 Å². The Labute approximate surface area is 112 Å². The van der Waals surface area contributed by atoms with Crippen molar-refractivity contribution in [3.8, 4) is 6.07 Å². The molecule has 0 saturated carbocycles. The Morgan fingerprint density at radius 1 is 1.53 bits per heavy atom. The molecule has 0 radical (unpaired) electrons. The van der Waals surface area contributed by atoms with Crippen LogP contribution in [-0.4, -0.2) is 27.9 Å². The first kappa shape index (κ1) is 15.1. The first-order chi connectivity index (χ1) is 9.01. The smallest absolute Gasteiger partial charge is 0.278 e. The van der Waals surface area contributed by atoms with Gasteiger partial charge in [-0.3, -0.25) is 20.0 Å². The first-order valence-electron chi connectivity index (χ1n) is 6.20. The Morgan fingerprint density at radius 3 is 2.74 bits per heavy atom. The quantitative estimate of drug-likeness (QED) is 0.580. The van der Waals surface area contributed by atoms with E-state index in [0.717, 1.165) is 6.54 Å². The predicted molar refractivity (Wildman–Crippen MR) is 71.5 cm³/mol. The average molecular weight is 262 g/mol. The molecule has 0 N–H and O–H groups in total. The summed E-state index contributed by atoms with van der Waals surface area (Å²) in [7, 11) is 0. The van der Waals surface area contributed by atoms with Gasteiger partial charge in [0.15, 0.2) is 0 Å². The lowest BCUT2D eigenvalue weighted by Gasteiger charge is -2.19. The molecule has 0 spiro atoms. The van der Waals surface area contributed by atoms with Crippen LogP contribution in [0.25, 0.3) is 0 Å². The maximum Gasteiger partial charge on any atom is 0.278 e. The summed E-state index contributed by atoms with van der Waals surface area (Å²) in [5, 5.41) is 19.6. The van der Waals surface area contributed by atoms with Gasteiger partial charge in [-0.1, -0.05) is 6.92 Å². The minimum Gasteiger partial charge on any atom is -0.297 e. The largest absolute Gasteiger partial charge is 0.297 e. The van der Waals surface area contributed by atoms with Gasteiger partial charge in [0, 0.05) is 36.8 Å². The minimum absolute atomic E-state index is 0.140. The summed E-state index contributed by atoms with van der Waals surface area (Å²) in [5.41, 5.74) is 2.03. The molecule has 0 aromatic carbocycles. The van der Waals surface area contributed by atoms with E-state index in [2.05, 4.69) is 16.0 Å². The molecule has 19 heavy (non-hydrogen) atoms. The Hall–Kier alpha value is -2.00. The number of nitrogens with zero attached hydrogens (tertiary/aromatic N) is 4. The van der Waals surface area contributed by atoms with E-state index in [1.165, 1.54) is 0 Å². The Morgan fingerprint density at radius 2 is 2.21 bits per heavy atom. The molecule has 1 heterocycles. The van der Waals surface area contributed by atoms with Crippen LogP contribution in [0.2, 0.25) is 0 Å². The van der Waals surface area contributed by atoms with E-state index in [9.17, 15) is 10.1 Å². The number of hydrogen-bond acceptors (Lipinski definition) is 5. The molecule has 6 heteroatoms. The van der Waals surface area contributed by atoms with Crippen LogP contribution in [0, 0.1) is 35.3 Å². The lowest BCUT2D eigenvalue weighted by atomic mass is 10.1. The molecule has 0 atom stereocenters. The van der Waals surface area contributed by atoms with Gasteiger partial charge in [-0.05, 0) is 20.4 Å². The zero-order chi connectivity index (χ0) is 14.4. The van der Waals surface area contributed by atoms with Crippen LogP contribution in [-0.2, 0) is 6.54 Å². The molecule has 0 saturated heterocycles. The topological polar surface area (TPSA) is 83.1 Å². The van der Waals surface area contributed by atoms with Crippen molar-refractivity contribution < 1.29 is 4.92 Å². The van der Waals surface area contributed by atoms with Gasteiger partial charge in [-0.2, -0.15) is 5.26 Å². The molecule has 0 amide bonds. The van der Waals surface area contributed by atoms with E-state index in [4.69, 9.17) is 5.26 Å². The number of rotatable bonds is 6. The molecule has 0 aliphatic heterocycles. The highest BCUT2D eigenvalue weighted by Crippen LogP contribution is 2.24. The molecule has 1 rings (SSSR count). The molecule has 0 fully saturated rings. The Balaban J connectivity index is 2.99. The molecular weight excluding hydrogens is 244 g/mol. The average Bonchev–Trinajstić information content (AvgIpc) is 2.36. The fraction of sp³-hybridized carbons (Fsp3) is 0.538. The van der Waals surface area contributed by atoms with Crippen LogP contribution in [0.1, 0.15) is 30.2 Å². The van der Waals surface area contributed by atoms with Gasteiger partial charge < -0.3 is 0 Å². The van der Waals surface area contributed by atoms with E-state index >= 15 is 0 Å². The zero-order valence-corrected chi connectivity index (χ0v) is 11.5. The van der Waals surface area contributed by atoms with Crippen molar-refractivity contribution in [2.75, 3.05) is 13.1 Å². The van der Waals surface area contributed by atoms with Crippen LogP contribution >= 0.6 is 0 Å². The van der Waals surface area contributed by atoms with Gasteiger partial charge in [0.1, 0.15) is 0 Å². The lowest BCUT2D eigenvalue weighted by Crippen LogP contribution is -2.25. The molecule has 1 aromatic rings. The molecular formula is C13H18N4O2. The van der Waals surface area contributed by atoms with E-state index in [1.807, 2.05) is 6.92 Å². The number of aryl methyl sites for hydroxylation is 1. The summed E-state index contributed by atoms with van der Waals surface area (Å²) >= 11 is 0. The minimum atomic E-state index is -0.360. The third kappa shape index (κ3) is 3.73. The fourth-order valence-corrected chi connectivity index (χ4v) is 1.97. The van der Waals surface area contributed by atoms with E-state index in [-0.39, 0.29) is 10.6 Å². The molecule has 0 aliphatic carbocycles. The highest BCUT2D eigenvalue weighted by Gasteiger charge is 2.19. The Kier molecular flexibility index (Phi) is 5.39. The lowest BCUT2D eigenvalue weighted by molar-refractivity contribution is -0.386. The van der Waals surface area contributed by atoms with E-state index < -0.39 is 0 Å². The van der Waals surface area contributed by atoms with Gasteiger partial charge in [-0.25, -0.2) is 0 Å². The van der Waals surface area contributed by atoms with Gasteiger partial charge in [0.2, 0.25) is 0 Å². The maximum atomic E-state index is 11.0. The second-order valence-electron chi connectivity index (χ2n) is 4.40. The summed E-state index contributed by atoms with van der Waals surface area (Å²) in [6, 6.07) is 2.10. The van der Waals surface area contributed by atoms with Crippen molar-refractivity contribution in [3.05, 3.63) is 33.1 Å². The number of hydrogen-bond donors (Lipinski definition) is 0. The van der Waals surface area contributed by atoms with Crippen molar-refractivity contribution in [3.63, 3.8) is 0 Å². The number of nitriles is 1. The molecule has 0 bridgehead atoms. The van der Waals surface area contributed by atoms with Crippen molar-refractivity contribution in [2.24, 2.45) is 0 Å². The summed E-state index contributed by atoms with van der Waals surface area (Å²) < 4.78 is 0. The number of nitro groups is 1. The highest BCUT2D eigenvalue weighted by atomic mass is 16.6. The number of pyridine rings is 1. The molecule has 0 aliphatic rings. The monoisotopic (exact) mass is 262 g/mol. The maximum absolute atomic E-state index is 11.0. The number of aromatic nitrogens is 1. The molecule has 102 valence electrons. The normalized spacial score (nSPS) is 10.5. The third-order valence-corrected chi connectivity index (χ3v) is 3.12. The van der Waals surface area contributed by atoms with Crippen molar-refractivity contribution in [2.45, 2.75) is 33.7 Å². The van der Waals surface area contributed by atoms with E-state index in [1.54, 1.807) is 20.0 Å². The van der Waals surface area contributed by atoms with Crippen LogP contribution < -0.4 is 0 Å². The van der Waals surface area contributed by atoms with Crippen LogP contribution in [0.5, 0.6) is 0 Å². The van der Waals surface area contributed by atoms with Gasteiger partial charge in [0.25, 0.3) is 5.69 Å². The first-order valence-corrected chi connectivity index (χ1v) is 6.20. The second kappa shape index (κ2) is 6.81. The standard InChI is InChI=1S/C13H18N4O2/c1-4-16(7-5-6-14)9-12-11(3)13(17(18)19)10(2)8-15-12/h8H,4-5,7,9H2,1-3H3. The summed E-state index contributed by atoms with van der Waals surface area (Å²) in [6.45, 7) is 7.38. The van der Waals surface area contributed by atoms with Crippen LogP contribution in [0.4, 0.5) is 5.69 Å². The zero-order valence-electron chi connectivity index (χ0n) is 11.5. The van der Waals surface area contributed by atoms with Crippen molar-refractivity contribution >= 4 is 5.69 Å². The van der Waals surface area contributed by atoms with E-state index in [0.29, 0.717) is 36.3 Å². The van der Waals surface area contributed by atoms with Crippen molar-refractivity contribution in [1.82, 2.24) is 9.88 Å². The highest BCUT2D eigenvalue weighted by molar-refractivity contribution is 5.47. The van der Waals surface area contributed by atoms with Gasteiger partial charge in [-0.15, -0.1) is 0 Å². The SMILES string of the molecule is CCN(CCC#N)Cc1ncc(C)c([N+](=O)[O-])c1C. The summed E-state index contributed by atoms with van der Waals surface area (Å²) in [4.78, 5) is 17.0. The Bertz CT molecular complexity index is 508. The fourth-order valence-electron chi connectivity index (χ4n) is 1.97. The summed E-state index contributed by atoms with van der Waals surface area (Å²) in [6.07, 6.45) is 1.99. The molecule has 6 nitrogen and oxygen atoms in total. The molecule has 1 aromatic heterocycles. The predicted octanol–water partition coefficient (Wildman–Crippen LogP) is 2.34. The summed E-state index contributed by atoms with van der Waals surface area (Å²) in [5.74, 6) is 0. The van der Waals surface area contributed by atoms with Crippen molar-refractivity contribution in [1.29, 1.82) is 5.26 Å². The second-order valence-corrected chi connectivity index (χ2v) is 4.40. The van der Waals surface area contributed by atoms with Crippen LogP contribution in [0.15, 0.2) is 6.20 Å².